The van der Waals surface area contributed by atoms with Crippen LogP contribution in [0.3, 0.4) is 0 Å². The van der Waals surface area contributed by atoms with Gasteiger partial charge in [-0.05, 0) is 51.0 Å². The molecule has 1 saturated carbocycles. The Labute approximate surface area is 106 Å². The molecule has 0 saturated heterocycles. The Balaban J connectivity index is 2.08. The van der Waals surface area contributed by atoms with E-state index in [4.69, 9.17) is 10.00 Å². The largest absolute Gasteiger partial charge is 0.378 e. The fourth-order valence-corrected chi connectivity index (χ4v) is 2.28. The fraction of sp³-hybridized carbons (Fsp3) is 0.929. The number of hydrogen-bond donors (Lipinski definition) is 1. The number of nitrogens with one attached hydrogen (secondary N) is 1. The molecule has 1 atom stereocenters. The topological polar surface area (TPSA) is 45.0 Å². The summed E-state index contributed by atoms with van der Waals surface area (Å²) in [6.07, 6.45) is 7.29. The summed E-state index contributed by atoms with van der Waals surface area (Å²) in [5.41, 5.74) is 0. The van der Waals surface area contributed by atoms with E-state index in [1.165, 1.54) is 25.7 Å². The summed E-state index contributed by atoms with van der Waals surface area (Å²) < 4.78 is 5.85. The van der Waals surface area contributed by atoms with Crippen molar-refractivity contribution in [3.63, 3.8) is 0 Å². The van der Waals surface area contributed by atoms with Gasteiger partial charge in [0.15, 0.2) is 0 Å². The first kappa shape index (κ1) is 14.5. The van der Waals surface area contributed by atoms with Gasteiger partial charge in [-0.2, -0.15) is 5.26 Å². The Kier molecular flexibility index (Phi) is 7.23. The second-order valence-corrected chi connectivity index (χ2v) is 5.18. The van der Waals surface area contributed by atoms with Crippen LogP contribution < -0.4 is 5.32 Å². The van der Waals surface area contributed by atoms with E-state index in [1.54, 1.807) is 0 Å². The molecule has 0 heterocycles. The van der Waals surface area contributed by atoms with E-state index in [2.05, 4.69) is 25.2 Å². The molecule has 0 aromatic carbocycles. The molecule has 98 valence electrons. The molecule has 1 fully saturated rings. The molecule has 3 nitrogen and oxygen atoms in total. The highest BCUT2D eigenvalue weighted by molar-refractivity contribution is 4.89. The van der Waals surface area contributed by atoms with Crippen LogP contribution in [0.25, 0.3) is 0 Å². The van der Waals surface area contributed by atoms with Gasteiger partial charge < -0.3 is 10.1 Å². The second-order valence-electron chi connectivity index (χ2n) is 5.18. The van der Waals surface area contributed by atoms with Gasteiger partial charge in [0, 0.05) is 6.61 Å². The lowest BCUT2D eigenvalue weighted by Crippen LogP contribution is -2.30. The molecule has 0 amide bonds. The molecule has 1 rings (SSSR count). The smallest absolute Gasteiger partial charge is 0.0975 e. The maximum Gasteiger partial charge on any atom is 0.0975 e. The minimum absolute atomic E-state index is 0.0440. The van der Waals surface area contributed by atoms with Gasteiger partial charge in [0.25, 0.3) is 0 Å². The number of rotatable bonds is 7. The lowest BCUT2D eigenvalue weighted by atomic mass is 9.89. The number of hydrogen-bond acceptors (Lipinski definition) is 3. The minimum Gasteiger partial charge on any atom is -0.378 e. The van der Waals surface area contributed by atoms with Gasteiger partial charge >= 0.3 is 0 Å². The maximum atomic E-state index is 8.96. The van der Waals surface area contributed by atoms with Crippen molar-refractivity contribution in [3.05, 3.63) is 0 Å². The van der Waals surface area contributed by atoms with E-state index in [0.717, 1.165) is 25.3 Å². The zero-order valence-corrected chi connectivity index (χ0v) is 11.2. The summed E-state index contributed by atoms with van der Waals surface area (Å²) in [6.45, 7) is 6.06. The molecule has 1 N–H and O–H groups in total. The SMILES string of the molecule is CCCNC(C#N)CCOC1CCC(C)CC1. The van der Waals surface area contributed by atoms with E-state index in [9.17, 15) is 0 Å². The van der Waals surface area contributed by atoms with Gasteiger partial charge in [-0.1, -0.05) is 13.8 Å². The average molecular weight is 238 g/mol. The van der Waals surface area contributed by atoms with Crippen LogP contribution in [-0.4, -0.2) is 25.3 Å². The highest BCUT2D eigenvalue weighted by Gasteiger charge is 2.18. The highest BCUT2D eigenvalue weighted by Crippen LogP contribution is 2.25. The summed E-state index contributed by atoms with van der Waals surface area (Å²) in [7, 11) is 0. The third-order valence-corrected chi connectivity index (χ3v) is 3.52. The molecule has 0 aromatic rings. The van der Waals surface area contributed by atoms with Gasteiger partial charge in [-0.15, -0.1) is 0 Å². The van der Waals surface area contributed by atoms with E-state index >= 15 is 0 Å². The number of nitriles is 1. The molecule has 17 heavy (non-hydrogen) atoms. The van der Waals surface area contributed by atoms with Gasteiger partial charge in [0.05, 0.1) is 18.2 Å². The van der Waals surface area contributed by atoms with Crippen LogP contribution in [0.2, 0.25) is 0 Å². The van der Waals surface area contributed by atoms with Crippen LogP contribution in [0.4, 0.5) is 0 Å². The first-order chi connectivity index (χ1) is 8.26. The van der Waals surface area contributed by atoms with E-state index in [1.807, 2.05) is 0 Å². The summed E-state index contributed by atoms with van der Waals surface area (Å²) in [6, 6.07) is 2.25. The maximum absolute atomic E-state index is 8.96. The Morgan fingerprint density at radius 3 is 2.65 bits per heavy atom. The number of ether oxygens (including phenoxy) is 1. The molecule has 0 aromatic heterocycles. The van der Waals surface area contributed by atoms with Crippen molar-refractivity contribution in [2.75, 3.05) is 13.2 Å². The zero-order valence-electron chi connectivity index (χ0n) is 11.2. The Morgan fingerprint density at radius 1 is 1.35 bits per heavy atom. The fourth-order valence-electron chi connectivity index (χ4n) is 2.28. The molecule has 0 spiro atoms. The first-order valence-electron chi connectivity index (χ1n) is 7.00. The highest BCUT2D eigenvalue weighted by atomic mass is 16.5. The Morgan fingerprint density at radius 2 is 2.06 bits per heavy atom. The Bertz CT molecular complexity index is 229. The average Bonchev–Trinajstić information content (AvgIpc) is 2.36. The normalized spacial score (nSPS) is 26.4. The van der Waals surface area contributed by atoms with E-state index in [0.29, 0.717) is 12.7 Å². The van der Waals surface area contributed by atoms with Crippen LogP contribution in [0.15, 0.2) is 0 Å². The molecule has 0 radical (unpaired) electrons. The summed E-state index contributed by atoms with van der Waals surface area (Å²) in [5.74, 6) is 0.868. The third-order valence-electron chi connectivity index (χ3n) is 3.52. The van der Waals surface area contributed by atoms with Crippen molar-refractivity contribution in [2.24, 2.45) is 5.92 Å². The molecule has 1 aliphatic carbocycles. The van der Waals surface area contributed by atoms with Gasteiger partial charge in [0.2, 0.25) is 0 Å². The molecular weight excluding hydrogens is 212 g/mol. The van der Waals surface area contributed by atoms with Crippen molar-refractivity contribution >= 4 is 0 Å². The summed E-state index contributed by atoms with van der Waals surface area (Å²) >= 11 is 0. The van der Waals surface area contributed by atoms with E-state index < -0.39 is 0 Å². The van der Waals surface area contributed by atoms with Gasteiger partial charge in [0.1, 0.15) is 0 Å². The van der Waals surface area contributed by atoms with Gasteiger partial charge in [-0.25, -0.2) is 0 Å². The summed E-state index contributed by atoms with van der Waals surface area (Å²) in [5, 5.41) is 12.2. The monoisotopic (exact) mass is 238 g/mol. The van der Waals surface area contributed by atoms with Crippen molar-refractivity contribution in [3.8, 4) is 6.07 Å². The zero-order chi connectivity index (χ0) is 12.5. The lowest BCUT2D eigenvalue weighted by Gasteiger charge is -2.26. The van der Waals surface area contributed by atoms with Crippen molar-refractivity contribution in [1.82, 2.24) is 5.32 Å². The second kappa shape index (κ2) is 8.49. The summed E-state index contributed by atoms with van der Waals surface area (Å²) in [4.78, 5) is 0. The molecular formula is C14H26N2O. The van der Waals surface area contributed by atoms with Gasteiger partial charge in [-0.3, -0.25) is 0 Å². The predicted octanol–water partition coefficient (Wildman–Crippen LogP) is 2.86. The lowest BCUT2D eigenvalue weighted by molar-refractivity contribution is 0.0170. The van der Waals surface area contributed by atoms with Crippen molar-refractivity contribution in [2.45, 2.75) is 64.5 Å². The first-order valence-corrected chi connectivity index (χ1v) is 7.00. The van der Waals surface area contributed by atoms with Crippen LogP contribution >= 0.6 is 0 Å². The van der Waals surface area contributed by atoms with Crippen LogP contribution in [0.1, 0.15) is 52.4 Å². The molecule has 0 aliphatic heterocycles. The molecule has 0 bridgehead atoms. The molecule has 1 unspecified atom stereocenters. The molecule has 1 aliphatic rings. The van der Waals surface area contributed by atoms with Crippen molar-refractivity contribution < 1.29 is 4.74 Å². The predicted molar refractivity (Wildman–Crippen MR) is 69.7 cm³/mol. The third kappa shape index (κ3) is 6.05. The molecule has 3 heteroatoms. The van der Waals surface area contributed by atoms with E-state index in [-0.39, 0.29) is 6.04 Å². The van der Waals surface area contributed by atoms with Crippen LogP contribution in [0.5, 0.6) is 0 Å². The number of nitrogens with zero attached hydrogens (tertiary/aromatic N) is 1. The standard InChI is InChI=1S/C14H26N2O/c1-3-9-16-13(11-15)8-10-17-14-6-4-12(2)5-7-14/h12-14,16H,3-10H2,1-2H3. The Hall–Kier alpha value is -0.590. The minimum atomic E-state index is -0.0440. The van der Waals surface area contributed by atoms with Crippen LogP contribution in [-0.2, 0) is 4.74 Å². The van der Waals surface area contributed by atoms with Crippen LogP contribution in [0, 0.1) is 17.2 Å². The van der Waals surface area contributed by atoms with Crippen molar-refractivity contribution in [1.29, 1.82) is 5.26 Å². The quantitative estimate of drug-likeness (QED) is 0.741.